The molecule has 0 aliphatic heterocycles. The summed E-state index contributed by atoms with van der Waals surface area (Å²) in [7, 11) is 0. The molecule has 3 aromatic carbocycles. The van der Waals surface area contributed by atoms with Gasteiger partial charge in [0.05, 0.1) is 11.0 Å². The van der Waals surface area contributed by atoms with Crippen LogP contribution >= 0.6 is 0 Å². The number of halogens is 3. The quantitative estimate of drug-likeness (QED) is 0.343. The number of fused-ring (bicyclic) bond motifs is 2. The number of aromatic amines is 1. The van der Waals surface area contributed by atoms with Crippen LogP contribution in [0.1, 0.15) is 47.8 Å². The lowest BCUT2D eigenvalue weighted by Crippen LogP contribution is -2.38. The molecule has 0 bridgehead atoms. The van der Waals surface area contributed by atoms with Gasteiger partial charge in [0.25, 0.3) is 5.91 Å². The Morgan fingerprint density at radius 3 is 2.40 bits per heavy atom. The van der Waals surface area contributed by atoms with Gasteiger partial charge in [0, 0.05) is 17.5 Å². The molecule has 1 aliphatic rings. The van der Waals surface area contributed by atoms with Gasteiger partial charge in [-0.2, -0.15) is 13.2 Å². The number of H-pyrrole nitrogens is 1. The molecule has 9 heteroatoms. The SMILES string of the molecule is O=C(N[C@@H]1CCC[C@H](c2nc3ccccc3[nH]2)C1)c1cccc2ccccc12.O=C(O)C(F)(F)F. The number of aliphatic carboxylic acids is 1. The van der Waals surface area contributed by atoms with Gasteiger partial charge in [-0.05, 0) is 48.2 Å². The number of hydrogen-bond donors (Lipinski definition) is 3. The van der Waals surface area contributed by atoms with Crippen LogP contribution in [-0.4, -0.2) is 39.2 Å². The van der Waals surface area contributed by atoms with Crippen molar-refractivity contribution in [2.24, 2.45) is 0 Å². The van der Waals surface area contributed by atoms with Crippen molar-refractivity contribution in [1.29, 1.82) is 0 Å². The topological polar surface area (TPSA) is 95.1 Å². The fraction of sp³-hybridized carbons (Fsp3) is 0.269. The average Bonchev–Trinajstić information content (AvgIpc) is 3.28. The second-order valence-corrected chi connectivity index (χ2v) is 8.50. The monoisotopic (exact) mass is 483 g/mol. The number of rotatable bonds is 3. The van der Waals surface area contributed by atoms with Crippen molar-refractivity contribution in [2.75, 3.05) is 0 Å². The first kappa shape index (κ1) is 24.3. The van der Waals surface area contributed by atoms with E-state index in [4.69, 9.17) is 14.9 Å². The Bertz CT molecular complexity index is 1310. The molecular formula is C26H24F3N3O3. The number of nitrogens with zero attached hydrogens (tertiary/aromatic N) is 1. The molecule has 35 heavy (non-hydrogen) atoms. The maximum atomic E-state index is 13.0. The predicted octanol–water partition coefficient (Wildman–Crippen LogP) is 5.81. The van der Waals surface area contributed by atoms with Crippen LogP contribution in [0, 0.1) is 0 Å². The Kier molecular flexibility index (Phi) is 7.04. The highest BCUT2D eigenvalue weighted by molar-refractivity contribution is 6.07. The zero-order valence-electron chi connectivity index (χ0n) is 18.7. The fourth-order valence-corrected chi connectivity index (χ4v) is 4.42. The minimum atomic E-state index is -5.08. The number of aromatic nitrogens is 2. The molecule has 3 N–H and O–H groups in total. The van der Waals surface area contributed by atoms with Crippen LogP contribution in [0.2, 0.25) is 0 Å². The lowest BCUT2D eigenvalue weighted by Gasteiger charge is -2.28. The van der Waals surface area contributed by atoms with Gasteiger partial charge >= 0.3 is 12.1 Å². The van der Waals surface area contributed by atoms with Crippen LogP contribution in [0.25, 0.3) is 21.8 Å². The minimum absolute atomic E-state index is 0.0204. The largest absolute Gasteiger partial charge is 0.490 e. The number of hydrogen-bond acceptors (Lipinski definition) is 3. The van der Waals surface area contributed by atoms with E-state index in [-0.39, 0.29) is 11.9 Å². The number of carboxylic acids is 1. The standard InChI is InChI=1S/C24H23N3O.C2HF3O2/c28-24(20-12-6-8-16-7-1-2-11-19(16)20)25-18-10-5-9-17(15-18)23-26-21-13-3-4-14-22(21)27-23;3-2(4,5)1(6)7/h1-4,6-8,11-14,17-18H,5,9-10,15H2,(H,25,28)(H,26,27);(H,6,7)/t17-,18+;/m0./s1. The molecule has 6 nitrogen and oxygen atoms in total. The Morgan fingerprint density at radius 1 is 0.971 bits per heavy atom. The number of carboxylic acid groups (broad SMARTS) is 1. The van der Waals surface area contributed by atoms with Gasteiger partial charge in [0.15, 0.2) is 0 Å². The Labute approximate surface area is 199 Å². The van der Waals surface area contributed by atoms with Crippen molar-refractivity contribution < 1.29 is 27.9 Å². The highest BCUT2D eigenvalue weighted by atomic mass is 19.4. The van der Waals surface area contributed by atoms with Crippen molar-refractivity contribution in [3.63, 3.8) is 0 Å². The Morgan fingerprint density at radius 2 is 1.66 bits per heavy atom. The molecular weight excluding hydrogens is 459 g/mol. The van der Waals surface area contributed by atoms with Crippen molar-refractivity contribution in [3.05, 3.63) is 78.1 Å². The molecule has 0 spiro atoms. The molecule has 0 radical (unpaired) electrons. The van der Waals surface area contributed by atoms with Crippen molar-refractivity contribution in [2.45, 2.75) is 43.8 Å². The zero-order valence-corrected chi connectivity index (χ0v) is 18.7. The second kappa shape index (κ2) is 10.2. The molecule has 0 saturated heterocycles. The van der Waals surface area contributed by atoms with Crippen molar-refractivity contribution >= 4 is 33.7 Å². The first-order valence-corrected chi connectivity index (χ1v) is 11.3. The van der Waals surface area contributed by atoms with Gasteiger partial charge in [-0.25, -0.2) is 9.78 Å². The molecule has 4 aromatic rings. The third kappa shape index (κ3) is 5.79. The summed E-state index contributed by atoms with van der Waals surface area (Å²) >= 11 is 0. The van der Waals surface area contributed by atoms with Crippen molar-refractivity contribution in [3.8, 4) is 0 Å². The van der Waals surface area contributed by atoms with E-state index in [0.29, 0.717) is 5.92 Å². The summed E-state index contributed by atoms with van der Waals surface area (Å²) in [6.07, 6.45) is -0.924. The van der Waals surface area contributed by atoms with Gasteiger partial charge in [0.1, 0.15) is 5.82 Å². The van der Waals surface area contributed by atoms with E-state index in [1.807, 2.05) is 60.7 Å². The van der Waals surface area contributed by atoms with Crippen LogP contribution in [0.5, 0.6) is 0 Å². The molecule has 5 rings (SSSR count). The average molecular weight is 483 g/mol. The number of alkyl halides is 3. The van der Waals surface area contributed by atoms with Crippen LogP contribution in [0.15, 0.2) is 66.7 Å². The van der Waals surface area contributed by atoms with Crippen LogP contribution in [0.4, 0.5) is 13.2 Å². The molecule has 1 amide bonds. The molecule has 2 atom stereocenters. The predicted molar refractivity (Wildman–Crippen MR) is 126 cm³/mol. The summed E-state index contributed by atoms with van der Waals surface area (Å²) in [6.45, 7) is 0. The maximum Gasteiger partial charge on any atom is 0.490 e. The van der Waals surface area contributed by atoms with Gasteiger partial charge in [-0.3, -0.25) is 4.79 Å². The Balaban J connectivity index is 0.000000364. The lowest BCUT2D eigenvalue weighted by molar-refractivity contribution is -0.192. The summed E-state index contributed by atoms with van der Waals surface area (Å²) in [5.41, 5.74) is 2.85. The molecule has 1 heterocycles. The number of nitrogens with one attached hydrogen (secondary N) is 2. The van der Waals surface area contributed by atoms with E-state index < -0.39 is 12.1 Å². The first-order chi connectivity index (χ1) is 16.7. The normalized spacial score (nSPS) is 18.0. The maximum absolute atomic E-state index is 13.0. The van der Waals surface area contributed by atoms with E-state index in [2.05, 4.69) is 16.4 Å². The van der Waals surface area contributed by atoms with Crippen LogP contribution in [0.3, 0.4) is 0 Å². The molecule has 1 aromatic heterocycles. The third-order valence-corrected chi connectivity index (χ3v) is 6.08. The highest BCUT2D eigenvalue weighted by Crippen LogP contribution is 2.32. The number of carbonyl (C=O) groups excluding carboxylic acids is 1. The number of carbonyl (C=O) groups is 2. The van der Waals surface area contributed by atoms with Gasteiger partial charge < -0.3 is 15.4 Å². The summed E-state index contributed by atoms with van der Waals surface area (Å²) in [4.78, 5) is 30.1. The fourth-order valence-electron chi connectivity index (χ4n) is 4.42. The van der Waals surface area contributed by atoms with Gasteiger partial charge in [-0.1, -0.05) is 55.0 Å². The van der Waals surface area contributed by atoms with Gasteiger partial charge in [-0.15, -0.1) is 0 Å². The second-order valence-electron chi connectivity index (χ2n) is 8.50. The zero-order chi connectivity index (χ0) is 25.0. The molecule has 1 aliphatic carbocycles. The van der Waals surface area contributed by atoms with Crippen molar-refractivity contribution in [1.82, 2.24) is 15.3 Å². The lowest BCUT2D eigenvalue weighted by atomic mass is 9.85. The summed E-state index contributed by atoms with van der Waals surface area (Å²) in [5.74, 6) is -1.33. The summed E-state index contributed by atoms with van der Waals surface area (Å²) in [6, 6.07) is 22.3. The van der Waals surface area contributed by atoms with Crippen LogP contribution in [-0.2, 0) is 4.79 Å². The molecule has 0 unspecified atom stereocenters. The van der Waals surface area contributed by atoms with E-state index in [0.717, 1.165) is 58.9 Å². The van der Waals surface area contributed by atoms with E-state index in [1.165, 1.54) is 0 Å². The first-order valence-electron chi connectivity index (χ1n) is 11.3. The third-order valence-electron chi connectivity index (χ3n) is 6.08. The minimum Gasteiger partial charge on any atom is -0.475 e. The smallest absolute Gasteiger partial charge is 0.475 e. The van der Waals surface area contributed by atoms with Gasteiger partial charge in [0.2, 0.25) is 0 Å². The number of benzene rings is 3. The highest BCUT2D eigenvalue weighted by Gasteiger charge is 2.38. The summed E-state index contributed by atoms with van der Waals surface area (Å²) < 4.78 is 31.7. The number of para-hydroxylation sites is 2. The van der Waals surface area contributed by atoms with E-state index >= 15 is 0 Å². The summed E-state index contributed by atoms with van der Waals surface area (Å²) in [5, 5.41) is 12.5. The number of amides is 1. The molecule has 1 fully saturated rings. The molecule has 1 saturated carbocycles. The van der Waals surface area contributed by atoms with E-state index in [1.54, 1.807) is 0 Å². The van der Waals surface area contributed by atoms with E-state index in [9.17, 15) is 18.0 Å². The Hall–Kier alpha value is -3.88. The molecule has 182 valence electrons. The number of imidazole rings is 1. The van der Waals surface area contributed by atoms with Crippen LogP contribution < -0.4 is 5.32 Å².